The average molecular weight is 367 g/mol. The van der Waals surface area contributed by atoms with Crippen LogP contribution < -0.4 is 5.73 Å². The Morgan fingerprint density at radius 3 is 2.61 bits per heavy atom. The fourth-order valence-corrected chi connectivity index (χ4v) is 3.05. The summed E-state index contributed by atoms with van der Waals surface area (Å²) in [6.45, 7) is 2.33. The van der Waals surface area contributed by atoms with Crippen LogP contribution in [-0.4, -0.2) is 34.1 Å². The van der Waals surface area contributed by atoms with Gasteiger partial charge in [0.25, 0.3) is 0 Å². The Balaban J connectivity index is 0.00000132. The second-order valence-corrected chi connectivity index (χ2v) is 6.14. The van der Waals surface area contributed by atoms with Crippen molar-refractivity contribution in [2.45, 2.75) is 26.4 Å². The summed E-state index contributed by atoms with van der Waals surface area (Å²) in [5, 5.41) is 0. The van der Waals surface area contributed by atoms with Crippen molar-refractivity contribution < 1.29 is 8.78 Å². The third kappa shape index (κ3) is 3.94. The Hall–Kier alpha value is -0.950. The van der Waals surface area contributed by atoms with Gasteiger partial charge in [-0.3, -0.25) is 9.47 Å². The first kappa shape index (κ1) is 20.1. The van der Waals surface area contributed by atoms with Gasteiger partial charge in [0.15, 0.2) is 0 Å². The number of fused-ring (bicyclic) bond motifs is 1. The normalized spacial score (nSPS) is 21.4. The van der Waals surface area contributed by atoms with Crippen molar-refractivity contribution in [1.29, 1.82) is 0 Å². The van der Waals surface area contributed by atoms with Crippen LogP contribution in [0.1, 0.15) is 25.7 Å². The molecule has 3 rings (SSSR count). The van der Waals surface area contributed by atoms with Crippen LogP contribution in [0.25, 0.3) is 11.0 Å². The van der Waals surface area contributed by atoms with Crippen LogP contribution in [0.15, 0.2) is 24.3 Å². The van der Waals surface area contributed by atoms with Crippen LogP contribution in [0.4, 0.5) is 8.78 Å². The average Bonchev–Trinajstić information content (AvgIpc) is 3.00. The second kappa shape index (κ2) is 7.75. The van der Waals surface area contributed by atoms with Gasteiger partial charge in [-0.2, -0.15) is 8.78 Å². The predicted molar refractivity (Wildman–Crippen MR) is 92.5 cm³/mol. The Morgan fingerprint density at radius 1 is 1.30 bits per heavy atom. The first-order chi connectivity index (χ1) is 10.0. The van der Waals surface area contributed by atoms with E-state index in [0.29, 0.717) is 29.9 Å². The van der Waals surface area contributed by atoms with E-state index in [-0.39, 0.29) is 30.2 Å². The van der Waals surface area contributed by atoms with Crippen LogP contribution >= 0.6 is 24.8 Å². The predicted octanol–water partition coefficient (Wildman–Crippen LogP) is 3.45. The minimum Gasteiger partial charge on any atom is -0.330 e. The molecule has 0 bridgehead atoms. The molecule has 2 aromatic rings. The van der Waals surface area contributed by atoms with Gasteiger partial charge in [0.1, 0.15) is 5.82 Å². The highest BCUT2D eigenvalue weighted by Crippen LogP contribution is 2.31. The molecule has 1 aromatic carbocycles. The highest BCUT2D eigenvalue weighted by Gasteiger charge is 2.33. The van der Waals surface area contributed by atoms with Gasteiger partial charge >= 0.3 is 6.55 Å². The molecule has 1 aromatic heterocycles. The van der Waals surface area contributed by atoms with E-state index in [1.807, 2.05) is 6.07 Å². The Morgan fingerprint density at radius 2 is 2.00 bits per heavy atom. The van der Waals surface area contributed by atoms with E-state index in [9.17, 15) is 8.78 Å². The standard InChI is InChI=1S/C15H20F2N4.2ClH/c1-15(9-18)6-7-20(10-15)8-13-19-11-4-2-3-5-12(11)21(13)14(16)17;;/h2-5,14H,6-10,18H2,1H3;2*1H. The first-order valence-corrected chi connectivity index (χ1v) is 7.19. The number of rotatable bonds is 4. The molecule has 130 valence electrons. The molecule has 4 nitrogen and oxygen atoms in total. The Bertz CT molecular complexity index is 649. The van der Waals surface area contributed by atoms with E-state index in [1.54, 1.807) is 18.2 Å². The molecule has 0 saturated carbocycles. The number of nitrogens with zero attached hydrogens (tertiary/aromatic N) is 3. The van der Waals surface area contributed by atoms with E-state index < -0.39 is 6.55 Å². The van der Waals surface area contributed by atoms with Crippen LogP contribution in [0.5, 0.6) is 0 Å². The number of nitrogens with two attached hydrogens (primary N) is 1. The number of hydrogen-bond donors (Lipinski definition) is 1. The monoisotopic (exact) mass is 366 g/mol. The largest absolute Gasteiger partial charge is 0.330 e. The summed E-state index contributed by atoms with van der Waals surface area (Å²) in [5.74, 6) is 0.424. The van der Waals surface area contributed by atoms with Crippen molar-refractivity contribution in [3.05, 3.63) is 30.1 Å². The zero-order chi connectivity index (χ0) is 15.0. The maximum Gasteiger partial charge on any atom is 0.320 e. The molecular weight excluding hydrogens is 345 g/mol. The summed E-state index contributed by atoms with van der Waals surface area (Å²) >= 11 is 0. The van der Waals surface area contributed by atoms with E-state index in [1.165, 1.54) is 0 Å². The zero-order valence-electron chi connectivity index (χ0n) is 12.9. The minimum atomic E-state index is -2.57. The van der Waals surface area contributed by atoms with Crippen molar-refractivity contribution >= 4 is 35.8 Å². The van der Waals surface area contributed by atoms with E-state index >= 15 is 0 Å². The summed E-state index contributed by atoms with van der Waals surface area (Å²) in [4.78, 5) is 6.54. The van der Waals surface area contributed by atoms with Gasteiger partial charge in [-0.05, 0) is 37.1 Å². The summed E-state index contributed by atoms with van der Waals surface area (Å²) in [7, 11) is 0. The quantitative estimate of drug-likeness (QED) is 0.901. The van der Waals surface area contributed by atoms with E-state index in [2.05, 4.69) is 16.8 Å². The number of likely N-dealkylation sites (tertiary alicyclic amines) is 1. The molecule has 1 fully saturated rings. The molecule has 0 aliphatic carbocycles. The van der Waals surface area contributed by atoms with E-state index in [0.717, 1.165) is 24.1 Å². The Labute approximate surface area is 146 Å². The first-order valence-electron chi connectivity index (χ1n) is 7.19. The molecule has 1 aliphatic rings. The van der Waals surface area contributed by atoms with Gasteiger partial charge in [-0.25, -0.2) is 4.98 Å². The van der Waals surface area contributed by atoms with Gasteiger partial charge in [0.2, 0.25) is 0 Å². The van der Waals surface area contributed by atoms with Gasteiger partial charge in [0, 0.05) is 6.54 Å². The zero-order valence-corrected chi connectivity index (χ0v) is 14.5. The lowest BCUT2D eigenvalue weighted by atomic mass is 9.90. The van der Waals surface area contributed by atoms with Crippen LogP contribution in [-0.2, 0) is 6.54 Å². The van der Waals surface area contributed by atoms with Crippen molar-refractivity contribution in [3.63, 3.8) is 0 Å². The number of alkyl halides is 2. The molecule has 23 heavy (non-hydrogen) atoms. The molecule has 0 radical (unpaired) electrons. The lowest BCUT2D eigenvalue weighted by Crippen LogP contribution is -2.31. The molecular formula is C15H22Cl2F2N4. The van der Waals surface area contributed by atoms with Crippen molar-refractivity contribution in [3.8, 4) is 0 Å². The van der Waals surface area contributed by atoms with Gasteiger partial charge < -0.3 is 5.73 Å². The van der Waals surface area contributed by atoms with Crippen molar-refractivity contribution in [2.24, 2.45) is 11.1 Å². The van der Waals surface area contributed by atoms with Crippen molar-refractivity contribution in [1.82, 2.24) is 14.5 Å². The van der Waals surface area contributed by atoms with Crippen LogP contribution in [0.2, 0.25) is 0 Å². The maximum atomic E-state index is 13.4. The number of para-hydroxylation sites is 2. The summed E-state index contributed by atoms with van der Waals surface area (Å²) in [6.07, 6.45) is 0.998. The van der Waals surface area contributed by atoms with Gasteiger partial charge in [-0.1, -0.05) is 19.1 Å². The second-order valence-electron chi connectivity index (χ2n) is 6.14. The lowest BCUT2D eigenvalue weighted by molar-refractivity contribution is 0.0687. The topological polar surface area (TPSA) is 47.1 Å². The number of imidazole rings is 1. The fourth-order valence-electron chi connectivity index (χ4n) is 3.05. The van der Waals surface area contributed by atoms with Gasteiger partial charge in [0.05, 0.1) is 17.6 Å². The molecule has 2 heterocycles. The molecule has 1 atom stereocenters. The number of hydrogen-bond acceptors (Lipinski definition) is 3. The lowest BCUT2D eigenvalue weighted by Gasteiger charge is -2.22. The molecule has 1 saturated heterocycles. The van der Waals surface area contributed by atoms with Crippen molar-refractivity contribution in [2.75, 3.05) is 19.6 Å². The highest BCUT2D eigenvalue weighted by atomic mass is 35.5. The molecule has 2 N–H and O–H groups in total. The van der Waals surface area contributed by atoms with Crippen LogP contribution in [0.3, 0.4) is 0 Å². The minimum absolute atomic E-state index is 0. The molecule has 1 aliphatic heterocycles. The summed E-state index contributed by atoms with van der Waals surface area (Å²) < 4.78 is 27.8. The highest BCUT2D eigenvalue weighted by molar-refractivity contribution is 5.85. The fraction of sp³-hybridized carbons (Fsp3) is 0.533. The smallest absolute Gasteiger partial charge is 0.320 e. The third-order valence-electron chi connectivity index (χ3n) is 4.36. The molecule has 8 heteroatoms. The molecule has 0 amide bonds. The molecule has 1 unspecified atom stereocenters. The molecule has 0 spiro atoms. The maximum absolute atomic E-state index is 13.4. The number of aromatic nitrogens is 2. The Kier molecular flexibility index (Phi) is 6.77. The summed E-state index contributed by atoms with van der Waals surface area (Å²) in [5.41, 5.74) is 6.99. The van der Waals surface area contributed by atoms with E-state index in [4.69, 9.17) is 5.73 Å². The number of benzene rings is 1. The number of halogens is 4. The van der Waals surface area contributed by atoms with Crippen LogP contribution in [0, 0.1) is 5.41 Å². The summed E-state index contributed by atoms with van der Waals surface area (Å²) in [6, 6.07) is 7.03. The SMILES string of the molecule is CC1(CN)CCN(Cc2nc3ccccc3n2C(F)F)C1.Cl.Cl. The van der Waals surface area contributed by atoms with Gasteiger partial charge in [-0.15, -0.1) is 24.8 Å². The third-order valence-corrected chi connectivity index (χ3v) is 4.36.